The van der Waals surface area contributed by atoms with E-state index in [0.717, 1.165) is 33.3 Å². The van der Waals surface area contributed by atoms with Gasteiger partial charge in [0, 0.05) is 29.3 Å². The van der Waals surface area contributed by atoms with Gasteiger partial charge in [0.05, 0.1) is 10.7 Å². The van der Waals surface area contributed by atoms with Gasteiger partial charge in [0.15, 0.2) is 0 Å². The molecule has 1 atom stereocenters. The molecule has 3 nitrogen and oxygen atoms in total. The third-order valence-electron chi connectivity index (χ3n) is 3.03. The van der Waals surface area contributed by atoms with Crippen LogP contribution in [0.5, 0.6) is 0 Å². The standard InChI is InChI=1S/C14H17Cl2N3S/c1-9-11(14(16)19(2)18-9)7-10(17)8-20-13-6-4-3-5-12(13)15/h3-6,10H,7-8,17H2,1-2H3. The first-order chi connectivity index (χ1) is 9.49. The molecule has 6 heteroatoms. The highest BCUT2D eigenvalue weighted by Crippen LogP contribution is 2.28. The van der Waals surface area contributed by atoms with Crippen molar-refractivity contribution in [3.63, 3.8) is 0 Å². The van der Waals surface area contributed by atoms with Crippen LogP contribution in [-0.2, 0) is 13.5 Å². The molecule has 108 valence electrons. The van der Waals surface area contributed by atoms with Crippen molar-refractivity contribution in [1.29, 1.82) is 0 Å². The fourth-order valence-electron chi connectivity index (χ4n) is 1.99. The molecule has 1 aromatic heterocycles. The number of hydrogen-bond donors (Lipinski definition) is 1. The normalized spacial score (nSPS) is 12.7. The lowest BCUT2D eigenvalue weighted by molar-refractivity contribution is 0.743. The van der Waals surface area contributed by atoms with E-state index in [4.69, 9.17) is 28.9 Å². The van der Waals surface area contributed by atoms with Crippen molar-refractivity contribution in [2.24, 2.45) is 12.8 Å². The minimum atomic E-state index is 0.0108. The summed E-state index contributed by atoms with van der Waals surface area (Å²) in [4.78, 5) is 1.05. The summed E-state index contributed by atoms with van der Waals surface area (Å²) in [7, 11) is 1.84. The van der Waals surface area contributed by atoms with Gasteiger partial charge in [-0.15, -0.1) is 11.8 Å². The number of aryl methyl sites for hydroxylation is 2. The molecular formula is C14H17Cl2N3S. The van der Waals surface area contributed by atoms with Gasteiger partial charge >= 0.3 is 0 Å². The number of nitrogens with zero attached hydrogens (tertiary/aromatic N) is 2. The molecule has 1 aromatic carbocycles. The van der Waals surface area contributed by atoms with E-state index in [0.29, 0.717) is 5.15 Å². The Morgan fingerprint density at radius 1 is 1.35 bits per heavy atom. The van der Waals surface area contributed by atoms with Crippen molar-refractivity contribution in [2.45, 2.75) is 24.3 Å². The quantitative estimate of drug-likeness (QED) is 0.850. The molecular weight excluding hydrogens is 313 g/mol. The van der Waals surface area contributed by atoms with Crippen LogP contribution in [-0.4, -0.2) is 21.6 Å². The zero-order chi connectivity index (χ0) is 14.7. The number of rotatable bonds is 5. The molecule has 1 heterocycles. The molecule has 20 heavy (non-hydrogen) atoms. The Morgan fingerprint density at radius 3 is 2.65 bits per heavy atom. The largest absolute Gasteiger partial charge is 0.327 e. The van der Waals surface area contributed by atoms with Gasteiger partial charge in [0.1, 0.15) is 5.15 Å². The van der Waals surface area contributed by atoms with Gasteiger partial charge in [-0.1, -0.05) is 35.3 Å². The Labute approximate surface area is 133 Å². The van der Waals surface area contributed by atoms with Crippen molar-refractivity contribution in [3.8, 4) is 0 Å². The number of halogens is 2. The minimum Gasteiger partial charge on any atom is -0.327 e. The van der Waals surface area contributed by atoms with Crippen LogP contribution >= 0.6 is 35.0 Å². The van der Waals surface area contributed by atoms with Gasteiger partial charge < -0.3 is 5.73 Å². The Kier molecular flexibility index (Phi) is 5.38. The minimum absolute atomic E-state index is 0.0108. The predicted octanol–water partition coefficient (Wildman–Crippen LogP) is 3.70. The topological polar surface area (TPSA) is 43.8 Å². The van der Waals surface area contributed by atoms with Gasteiger partial charge in [0.2, 0.25) is 0 Å². The van der Waals surface area contributed by atoms with Crippen LogP contribution in [0, 0.1) is 6.92 Å². The van der Waals surface area contributed by atoms with Crippen LogP contribution in [0.4, 0.5) is 0 Å². The molecule has 0 bridgehead atoms. The van der Waals surface area contributed by atoms with Crippen molar-refractivity contribution < 1.29 is 0 Å². The van der Waals surface area contributed by atoms with Gasteiger partial charge in [-0.2, -0.15) is 5.10 Å². The van der Waals surface area contributed by atoms with Crippen molar-refractivity contribution in [3.05, 3.63) is 45.7 Å². The first kappa shape index (κ1) is 15.7. The Bertz CT molecular complexity index is 598. The molecule has 2 rings (SSSR count). The maximum absolute atomic E-state index is 6.22. The summed E-state index contributed by atoms with van der Waals surface area (Å²) < 4.78 is 1.68. The zero-order valence-electron chi connectivity index (χ0n) is 11.4. The second-order valence-corrected chi connectivity index (χ2v) is 6.51. The number of aromatic nitrogens is 2. The average Bonchev–Trinajstić information content (AvgIpc) is 2.64. The molecule has 0 saturated heterocycles. The number of thioether (sulfide) groups is 1. The van der Waals surface area contributed by atoms with E-state index in [2.05, 4.69) is 5.10 Å². The van der Waals surface area contributed by atoms with E-state index in [1.54, 1.807) is 16.4 Å². The lowest BCUT2D eigenvalue weighted by Crippen LogP contribution is -2.25. The highest BCUT2D eigenvalue weighted by atomic mass is 35.5. The highest BCUT2D eigenvalue weighted by Gasteiger charge is 2.15. The lowest BCUT2D eigenvalue weighted by Gasteiger charge is -2.12. The van der Waals surface area contributed by atoms with Gasteiger partial charge in [-0.25, -0.2) is 0 Å². The van der Waals surface area contributed by atoms with E-state index < -0.39 is 0 Å². The SMILES string of the molecule is Cc1nn(C)c(Cl)c1CC(N)CSc1ccccc1Cl. The van der Waals surface area contributed by atoms with Crippen LogP contribution in [0.3, 0.4) is 0 Å². The van der Waals surface area contributed by atoms with Crippen molar-refractivity contribution in [1.82, 2.24) is 9.78 Å². The molecule has 0 aliphatic rings. The summed E-state index contributed by atoms with van der Waals surface area (Å²) in [6.45, 7) is 1.95. The van der Waals surface area contributed by atoms with E-state index in [1.165, 1.54) is 0 Å². The van der Waals surface area contributed by atoms with Crippen LogP contribution in [0.1, 0.15) is 11.3 Å². The summed E-state index contributed by atoms with van der Waals surface area (Å²) in [6, 6.07) is 7.80. The Hall–Kier alpha value is -0.680. The number of benzene rings is 1. The maximum atomic E-state index is 6.22. The fourth-order valence-corrected chi connectivity index (χ4v) is 3.43. The Balaban J connectivity index is 1.96. The number of hydrogen-bond acceptors (Lipinski definition) is 3. The van der Waals surface area contributed by atoms with Crippen LogP contribution in [0.25, 0.3) is 0 Å². The van der Waals surface area contributed by atoms with Crippen molar-refractivity contribution in [2.75, 3.05) is 5.75 Å². The average molecular weight is 330 g/mol. The van der Waals surface area contributed by atoms with Gasteiger partial charge in [0.25, 0.3) is 0 Å². The van der Waals surface area contributed by atoms with Crippen LogP contribution in [0.15, 0.2) is 29.2 Å². The molecule has 0 radical (unpaired) electrons. The highest BCUT2D eigenvalue weighted by molar-refractivity contribution is 7.99. The summed E-state index contributed by atoms with van der Waals surface area (Å²) in [6.07, 6.45) is 0.718. The Morgan fingerprint density at radius 2 is 2.05 bits per heavy atom. The van der Waals surface area contributed by atoms with Crippen LogP contribution in [0.2, 0.25) is 10.2 Å². The first-order valence-corrected chi connectivity index (χ1v) is 8.04. The fraction of sp³-hybridized carbons (Fsp3) is 0.357. The summed E-state index contributed by atoms with van der Waals surface area (Å²) in [5, 5.41) is 5.73. The molecule has 2 N–H and O–H groups in total. The molecule has 0 aliphatic carbocycles. The van der Waals surface area contributed by atoms with E-state index >= 15 is 0 Å². The maximum Gasteiger partial charge on any atom is 0.130 e. The van der Waals surface area contributed by atoms with E-state index in [1.807, 2.05) is 38.2 Å². The molecule has 0 aliphatic heterocycles. The summed E-state index contributed by atoms with van der Waals surface area (Å²) in [5.41, 5.74) is 8.16. The zero-order valence-corrected chi connectivity index (χ0v) is 13.8. The van der Waals surface area contributed by atoms with Gasteiger partial charge in [-0.05, 0) is 25.5 Å². The predicted molar refractivity (Wildman–Crippen MR) is 86.8 cm³/mol. The smallest absolute Gasteiger partial charge is 0.130 e. The number of nitrogens with two attached hydrogens (primary N) is 1. The van der Waals surface area contributed by atoms with Crippen molar-refractivity contribution >= 4 is 35.0 Å². The second-order valence-electron chi connectivity index (χ2n) is 4.68. The summed E-state index contributed by atoms with van der Waals surface area (Å²) >= 11 is 14.0. The molecule has 2 aromatic rings. The third-order valence-corrected chi connectivity index (χ3v) is 5.20. The van der Waals surface area contributed by atoms with E-state index in [-0.39, 0.29) is 6.04 Å². The van der Waals surface area contributed by atoms with Gasteiger partial charge in [-0.3, -0.25) is 4.68 Å². The second kappa shape index (κ2) is 6.85. The molecule has 1 unspecified atom stereocenters. The monoisotopic (exact) mass is 329 g/mol. The molecule has 0 amide bonds. The summed E-state index contributed by atoms with van der Waals surface area (Å²) in [5.74, 6) is 0.786. The molecule has 0 fully saturated rings. The first-order valence-electron chi connectivity index (χ1n) is 6.30. The van der Waals surface area contributed by atoms with E-state index in [9.17, 15) is 0 Å². The molecule has 0 saturated carbocycles. The third kappa shape index (κ3) is 3.70. The molecule has 0 spiro atoms. The van der Waals surface area contributed by atoms with Crippen LogP contribution < -0.4 is 5.73 Å². The lowest BCUT2D eigenvalue weighted by atomic mass is 10.1.